The molecule has 0 spiro atoms. The third kappa shape index (κ3) is 8.88. The molecular formula is C17H17Cl2F6N3OS. The van der Waals surface area contributed by atoms with Crippen molar-refractivity contribution in [2.24, 2.45) is 10.7 Å². The summed E-state index contributed by atoms with van der Waals surface area (Å²) in [5.41, 5.74) is 5.76. The minimum Gasteiger partial charge on any atom is -0.484 e. The molecule has 2 rings (SSSR count). The van der Waals surface area contributed by atoms with Gasteiger partial charge in [-0.05, 0) is 31.2 Å². The number of aliphatic imine (C=N–C) groups is 1. The van der Waals surface area contributed by atoms with E-state index in [2.05, 4.69) is 9.98 Å². The lowest BCUT2D eigenvalue weighted by Gasteiger charge is -2.13. The summed E-state index contributed by atoms with van der Waals surface area (Å²) in [6.07, 6.45) is -7.66. The number of nitrogens with zero attached hydrogens (tertiary/aromatic N) is 2. The number of pyridine rings is 1. The van der Waals surface area contributed by atoms with Crippen molar-refractivity contribution in [3.05, 3.63) is 53.3 Å². The number of halogens is 8. The number of rotatable bonds is 5. The molecule has 13 heteroatoms. The normalized spacial score (nSPS) is 12.0. The van der Waals surface area contributed by atoms with Crippen molar-refractivity contribution in [1.82, 2.24) is 4.98 Å². The van der Waals surface area contributed by atoms with Gasteiger partial charge in [-0.1, -0.05) is 17.8 Å². The first-order valence-electron chi connectivity index (χ1n) is 7.74. The van der Waals surface area contributed by atoms with Crippen LogP contribution in [0.15, 0.2) is 41.5 Å². The van der Waals surface area contributed by atoms with Gasteiger partial charge in [-0.25, -0.2) is 4.99 Å². The lowest BCUT2D eigenvalue weighted by molar-refractivity contribution is -0.153. The van der Waals surface area contributed by atoms with E-state index in [4.69, 9.17) is 10.5 Å². The monoisotopic (exact) mass is 495 g/mol. The average molecular weight is 496 g/mol. The number of thioether (sulfide) groups is 1. The molecule has 4 nitrogen and oxygen atoms in total. The molecular weight excluding hydrogens is 479 g/mol. The van der Waals surface area contributed by atoms with Crippen molar-refractivity contribution in [2.75, 3.05) is 6.61 Å². The second kappa shape index (κ2) is 11.5. The van der Waals surface area contributed by atoms with Gasteiger partial charge in [0.05, 0.1) is 16.9 Å². The minimum atomic E-state index is -4.49. The van der Waals surface area contributed by atoms with Crippen LogP contribution in [0.3, 0.4) is 0 Å². The summed E-state index contributed by atoms with van der Waals surface area (Å²) in [4.78, 5) is 7.99. The lowest BCUT2D eigenvalue weighted by atomic mass is 10.2. The van der Waals surface area contributed by atoms with E-state index in [9.17, 15) is 26.3 Å². The quantitative estimate of drug-likeness (QED) is 0.310. The number of hydrogen-bond donors (Lipinski definition) is 1. The molecule has 0 aliphatic carbocycles. The van der Waals surface area contributed by atoms with Gasteiger partial charge >= 0.3 is 12.4 Å². The van der Waals surface area contributed by atoms with Crippen LogP contribution >= 0.6 is 36.6 Å². The predicted octanol–water partition coefficient (Wildman–Crippen LogP) is 6.07. The Morgan fingerprint density at radius 3 is 2.40 bits per heavy atom. The highest BCUT2D eigenvalue weighted by Crippen LogP contribution is 2.32. The Morgan fingerprint density at radius 2 is 1.80 bits per heavy atom. The second-order valence-electron chi connectivity index (χ2n) is 5.57. The molecule has 0 saturated heterocycles. The van der Waals surface area contributed by atoms with Gasteiger partial charge in [0.1, 0.15) is 5.75 Å². The van der Waals surface area contributed by atoms with Gasteiger partial charge < -0.3 is 10.5 Å². The Morgan fingerprint density at radius 1 is 1.13 bits per heavy atom. The van der Waals surface area contributed by atoms with E-state index in [0.29, 0.717) is 11.3 Å². The van der Waals surface area contributed by atoms with Crippen molar-refractivity contribution in [3.8, 4) is 5.75 Å². The third-order valence-electron chi connectivity index (χ3n) is 3.42. The summed E-state index contributed by atoms with van der Waals surface area (Å²) in [7, 11) is 0. The summed E-state index contributed by atoms with van der Waals surface area (Å²) in [6.45, 7) is 0.123. The van der Waals surface area contributed by atoms with Gasteiger partial charge in [-0.3, -0.25) is 4.98 Å². The Balaban J connectivity index is 0.00000420. The van der Waals surface area contributed by atoms with Crippen molar-refractivity contribution in [2.45, 2.75) is 25.0 Å². The predicted molar refractivity (Wildman–Crippen MR) is 109 cm³/mol. The van der Waals surface area contributed by atoms with Gasteiger partial charge in [-0.15, -0.1) is 24.8 Å². The standard InChI is InChI=1S/C17H15F6N3OS.2ClH/c1-10-13(25-6-5-14(10)27-9-16(18,19)20)8-28-15(24)26-12-4-2-3-11(7-12)17(21,22)23;;/h2-7H,8-9H2,1H3,(H2,24,26);2*1H. The van der Waals surface area contributed by atoms with Crippen LogP contribution < -0.4 is 10.5 Å². The minimum absolute atomic E-state index is 0. The average Bonchev–Trinajstić information content (AvgIpc) is 2.58. The number of nitrogens with two attached hydrogens (primary N) is 1. The maximum atomic E-state index is 12.7. The summed E-state index contributed by atoms with van der Waals surface area (Å²) in [6, 6.07) is 5.68. The molecule has 0 aliphatic rings. The van der Waals surface area contributed by atoms with Gasteiger partial charge in [0.25, 0.3) is 0 Å². The number of benzene rings is 1. The molecule has 1 heterocycles. The van der Waals surface area contributed by atoms with Crippen LogP contribution in [0.25, 0.3) is 0 Å². The number of alkyl halides is 6. The van der Waals surface area contributed by atoms with Crippen molar-refractivity contribution >= 4 is 47.4 Å². The fraction of sp³-hybridized carbons (Fsp3) is 0.294. The van der Waals surface area contributed by atoms with Crippen LogP contribution in [0.5, 0.6) is 5.75 Å². The van der Waals surface area contributed by atoms with Crippen molar-refractivity contribution in [3.63, 3.8) is 0 Å². The highest BCUT2D eigenvalue weighted by molar-refractivity contribution is 8.13. The molecule has 0 fully saturated rings. The molecule has 0 amide bonds. The molecule has 0 atom stereocenters. The molecule has 0 aliphatic heterocycles. The van der Waals surface area contributed by atoms with Crippen LogP contribution in [-0.2, 0) is 11.9 Å². The number of aromatic nitrogens is 1. The highest BCUT2D eigenvalue weighted by atomic mass is 35.5. The second-order valence-corrected chi connectivity index (χ2v) is 6.57. The molecule has 1 aromatic heterocycles. The molecule has 30 heavy (non-hydrogen) atoms. The Labute approximate surface area is 185 Å². The fourth-order valence-electron chi connectivity index (χ4n) is 2.07. The van der Waals surface area contributed by atoms with Gasteiger partial charge in [0, 0.05) is 17.5 Å². The smallest absolute Gasteiger partial charge is 0.422 e. The molecule has 2 N–H and O–H groups in total. The lowest BCUT2D eigenvalue weighted by Crippen LogP contribution is -2.19. The first-order chi connectivity index (χ1) is 13.0. The number of hydrogen-bond acceptors (Lipinski definition) is 4. The van der Waals surface area contributed by atoms with Crippen LogP contribution in [-0.4, -0.2) is 22.9 Å². The first kappa shape index (κ1) is 28.2. The van der Waals surface area contributed by atoms with Crippen LogP contribution in [0.1, 0.15) is 16.8 Å². The Bertz CT molecular complexity index is 862. The maximum Gasteiger partial charge on any atom is 0.422 e. The fourth-order valence-corrected chi connectivity index (χ4v) is 2.82. The summed E-state index contributed by atoms with van der Waals surface area (Å²) in [5, 5.41) is -0.0119. The SMILES string of the molecule is Cc1c(OCC(F)(F)F)ccnc1CSC(N)=Nc1cccc(C(F)(F)F)c1.Cl.Cl. The summed E-state index contributed by atoms with van der Waals surface area (Å²) >= 11 is 0.990. The molecule has 0 radical (unpaired) electrons. The van der Waals surface area contributed by atoms with Gasteiger partial charge in [0.2, 0.25) is 0 Å². The van der Waals surface area contributed by atoms with E-state index in [1.54, 1.807) is 6.92 Å². The zero-order valence-electron chi connectivity index (χ0n) is 15.3. The third-order valence-corrected chi connectivity index (χ3v) is 4.22. The van der Waals surface area contributed by atoms with Crippen LogP contribution in [0.4, 0.5) is 32.0 Å². The van der Waals surface area contributed by atoms with E-state index in [-0.39, 0.29) is 47.2 Å². The Hall–Kier alpha value is -1.85. The highest BCUT2D eigenvalue weighted by Gasteiger charge is 2.30. The molecule has 0 saturated carbocycles. The summed E-state index contributed by atoms with van der Waals surface area (Å²) < 4.78 is 79.8. The van der Waals surface area contributed by atoms with Crippen LogP contribution in [0, 0.1) is 6.92 Å². The molecule has 1 aromatic carbocycles. The van der Waals surface area contributed by atoms with E-state index >= 15 is 0 Å². The molecule has 0 unspecified atom stereocenters. The van der Waals surface area contributed by atoms with E-state index in [0.717, 1.165) is 23.9 Å². The number of amidine groups is 1. The topological polar surface area (TPSA) is 60.5 Å². The molecule has 0 bridgehead atoms. The molecule has 2 aromatic rings. The van der Waals surface area contributed by atoms with Crippen molar-refractivity contribution in [1.29, 1.82) is 0 Å². The maximum absolute atomic E-state index is 12.7. The molecule has 168 valence electrons. The Kier molecular flexibility index (Phi) is 10.8. The first-order valence-corrected chi connectivity index (χ1v) is 8.72. The van der Waals surface area contributed by atoms with E-state index in [1.165, 1.54) is 24.4 Å². The van der Waals surface area contributed by atoms with Gasteiger partial charge in [0.15, 0.2) is 11.8 Å². The number of ether oxygens (including phenoxy) is 1. The van der Waals surface area contributed by atoms with Crippen molar-refractivity contribution < 1.29 is 31.1 Å². The van der Waals surface area contributed by atoms with E-state index in [1.807, 2.05) is 0 Å². The van der Waals surface area contributed by atoms with Gasteiger partial charge in [-0.2, -0.15) is 26.3 Å². The zero-order chi connectivity index (χ0) is 20.9. The van der Waals surface area contributed by atoms with Crippen LogP contribution in [0.2, 0.25) is 0 Å². The zero-order valence-corrected chi connectivity index (χ0v) is 17.7. The van der Waals surface area contributed by atoms with E-state index < -0.39 is 24.5 Å². The summed E-state index contributed by atoms with van der Waals surface area (Å²) in [5.74, 6) is 0.194. The largest absolute Gasteiger partial charge is 0.484 e.